The maximum absolute atomic E-state index is 11.8. The van der Waals surface area contributed by atoms with E-state index in [0.717, 1.165) is 100.0 Å². The van der Waals surface area contributed by atoms with Crippen LogP contribution < -0.4 is 9.47 Å². The number of ketones is 1. The van der Waals surface area contributed by atoms with Crippen LogP contribution in [-0.4, -0.2) is 102 Å². The molecule has 0 heterocycles. The Morgan fingerprint density at radius 3 is 0.920 bits per heavy atom. The quantitative estimate of drug-likeness (QED) is 0.0264. The molecule has 0 saturated heterocycles. The van der Waals surface area contributed by atoms with Crippen LogP contribution in [0.5, 0.6) is 11.5 Å². The number of hydrogen-bond acceptors (Lipinski definition) is 13. The van der Waals surface area contributed by atoms with Crippen LogP contribution in [0.2, 0.25) is 25.1 Å². The van der Waals surface area contributed by atoms with Gasteiger partial charge in [-0.25, -0.2) is 9.59 Å². The third kappa shape index (κ3) is 25.6. The van der Waals surface area contributed by atoms with E-state index in [1.807, 2.05) is 176 Å². The van der Waals surface area contributed by atoms with Gasteiger partial charge in [0.2, 0.25) is 0 Å². The number of carboxylic acids is 1. The summed E-state index contributed by atoms with van der Waals surface area (Å²) in [6.45, 7) is 6.89. The highest BCUT2D eigenvalue weighted by Gasteiger charge is 2.15. The number of aromatic carboxylic acids is 1. The monoisotopic (exact) mass is 1450 g/mol. The number of rotatable bonds is 26. The van der Waals surface area contributed by atoms with Crippen molar-refractivity contribution in [3.8, 4) is 67.1 Å². The Balaban J connectivity index is 0.000000197. The number of methoxy groups -OCH3 is 5. The highest BCUT2D eigenvalue weighted by atomic mass is 35.5. The molecule has 10 aromatic carbocycles. The first kappa shape index (κ1) is 80.6. The van der Waals surface area contributed by atoms with Crippen molar-refractivity contribution in [2.24, 2.45) is 0 Å². The summed E-state index contributed by atoms with van der Waals surface area (Å²) in [5, 5.41) is 30.1. The fourth-order valence-electron chi connectivity index (χ4n) is 10.1. The highest BCUT2D eigenvalue weighted by Crippen LogP contribution is 2.34. The first-order valence-corrected chi connectivity index (χ1v) is 33.5. The summed E-state index contributed by atoms with van der Waals surface area (Å²) in [6.07, 6.45) is 0.624. The zero-order chi connectivity index (χ0) is 72.3. The molecule has 3 N–H and O–H groups in total. The topological polar surface area (TPSA) is 186 Å². The molecule has 0 unspecified atom stereocenters. The van der Waals surface area contributed by atoms with Gasteiger partial charge in [-0.2, -0.15) is 0 Å². The fourth-order valence-corrected chi connectivity index (χ4v) is 10.8. The van der Waals surface area contributed by atoms with E-state index in [-0.39, 0.29) is 37.1 Å². The van der Waals surface area contributed by atoms with Crippen molar-refractivity contribution < 1.29 is 67.6 Å². The summed E-state index contributed by atoms with van der Waals surface area (Å²) in [4.78, 5) is 34.2. The van der Waals surface area contributed by atoms with Gasteiger partial charge in [0.1, 0.15) is 18.1 Å². The van der Waals surface area contributed by atoms with Crippen LogP contribution in [0.3, 0.4) is 0 Å². The second-order valence-corrected chi connectivity index (χ2v) is 24.2. The maximum Gasteiger partial charge on any atom is 0.338 e. The van der Waals surface area contributed by atoms with Gasteiger partial charge in [0.05, 0.1) is 64.0 Å². The first-order chi connectivity index (χ1) is 48.4. The molecule has 10 aromatic rings. The van der Waals surface area contributed by atoms with E-state index in [0.29, 0.717) is 83.9 Å². The standard InChI is InChI=1S/C17H19ClO3.C17H17ClO3.C16H17ClO3.C16H15ClO2.C15H13ClO3/c1-20-12-14-11-16(21-10-2-9-19)7-8-17(14)13-3-5-15(18)6-4-13;1-3-21-17(19)13-6-9-16(14(10-13)11-20-2)12-4-7-15(18)8-5-12;1-19-11-13-10-15(20-9-8-18)6-7-16(13)12-2-4-14(17)5-3-12;1-11(18)13-5-8-16(14(9-13)10-19-2)12-3-6-15(17)7-4-12;1-19-9-12-8-11(15(17)18)4-7-14(12)10-2-5-13(16)6-3-10/h3-8,11,19H,2,9-10,12H2,1H3;4-10H,3,11H2,1-2H3;2-7,10,18H,8-9,11H2,1H3;3-9H,10H2,1-2H3;2-8H,9H2,1H3,(H,17,18). The lowest BCUT2D eigenvalue weighted by Crippen LogP contribution is -2.06. The average Bonchev–Trinajstić information content (AvgIpc) is 0.848. The van der Waals surface area contributed by atoms with Crippen molar-refractivity contribution in [1.29, 1.82) is 0 Å². The molecular formula is C81H81Cl5O14. The Kier molecular flexibility index (Phi) is 34.9. The summed E-state index contributed by atoms with van der Waals surface area (Å²) in [7, 11) is 8.19. The van der Waals surface area contributed by atoms with E-state index in [4.69, 9.17) is 111 Å². The second-order valence-electron chi connectivity index (χ2n) is 22.0. The van der Waals surface area contributed by atoms with Crippen LogP contribution in [0.25, 0.3) is 55.6 Å². The zero-order valence-corrected chi connectivity index (χ0v) is 60.5. The lowest BCUT2D eigenvalue weighted by molar-refractivity contribution is 0.0525. The number of Topliss-reactive ketones (excluding diaryl/α,β-unsaturated/α-hetero) is 1. The van der Waals surface area contributed by atoms with E-state index in [2.05, 4.69) is 0 Å². The number of carbonyl (C=O) groups excluding carboxylic acids is 2. The number of hydrogen-bond donors (Lipinski definition) is 3. The molecule has 10 rings (SSSR count). The summed E-state index contributed by atoms with van der Waals surface area (Å²) in [5.74, 6) is 0.301. The van der Waals surface area contributed by atoms with Gasteiger partial charge in [0.25, 0.3) is 0 Å². The van der Waals surface area contributed by atoms with Gasteiger partial charge in [-0.3, -0.25) is 4.79 Å². The van der Waals surface area contributed by atoms with Crippen molar-refractivity contribution in [2.45, 2.75) is 53.3 Å². The lowest BCUT2D eigenvalue weighted by atomic mass is 9.97. The summed E-state index contributed by atoms with van der Waals surface area (Å²) < 4.78 is 42.1. The molecule has 0 radical (unpaired) electrons. The number of carboxylic acid groups (broad SMARTS) is 1. The van der Waals surface area contributed by atoms with Crippen LogP contribution in [0, 0.1) is 0 Å². The van der Waals surface area contributed by atoms with Gasteiger partial charge in [-0.15, -0.1) is 0 Å². The van der Waals surface area contributed by atoms with Crippen LogP contribution in [0.1, 0.15) is 79.2 Å². The van der Waals surface area contributed by atoms with Crippen molar-refractivity contribution in [3.63, 3.8) is 0 Å². The van der Waals surface area contributed by atoms with Crippen LogP contribution in [-0.2, 0) is 61.5 Å². The van der Waals surface area contributed by atoms with Crippen molar-refractivity contribution >= 4 is 75.7 Å². The fraction of sp³-hybridized carbons (Fsp3) is 0.222. The van der Waals surface area contributed by atoms with E-state index in [1.54, 1.807) is 85.8 Å². The number of halogens is 5. The molecule has 19 heteroatoms. The highest BCUT2D eigenvalue weighted by molar-refractivity contribution is 6.32. The van der Waals surface area contributed by atoms with Gasteiger partial charge in [-0.1, -0.05) is 155 Å². The molecular weight excluding hydrogens is 1370 g/mol. The molecule has 0 spiro atoms. The Morgan fingerprint density at radius 1 is 0.350 bits per heavy atom. The molecule has 0 fully saturated rings. The number of aliphatic hydroxyl groups excluding tert-OH is 2. The van der Waals surface area contributed by atoms with E-state index in [1.165, 1.54) is 0 Å². The molecule has 0 amide bonds. The number of aliphatic hydroxyl groups is 2. The van der Waals surface area contributed by atoms with Crippen LogP contribution in [0.4, 0.5) is 0 Å². The van der Waals surface area contributed by atoms with Gasteiger partial charge < -0.3 is 53.2 Å². The first-order valence-electron chi connectivity index (χ1n) is 31.6. The van der Waals surface area contributed by atoms with Gasteiger partial charge in [-0.05, 0) is 213 Å². The molecule has 524 valence electrons. The van der Waals surface area contributed by atoms with Crippen LogP contribution >= 0.6 is 58.0 Å². The molecule has 0 bridgehead atoms. The molecule has 14 nitrogen and oxygen atoms in total. The Bertz CT molecular complexity index is 4060. The number of esters is 1. The predicted octanol–water partition coefficient (Wildman–Crippen LogP) is 20.0. The lowest BCUT2D eigenvalue weighted by Gasteiger charge is -2.12. The van der Waals surface area contributed by atoms with E-state index >= 15 is 0 Å². The Labute approximate surface area is 610 Å². The SMILES string of the molecule is CCOC(=O)c1ccc(-c2ccc(Cl)cc2)c(COC)c1.COCc1cc(C(=O)O)ccc1-c1ccc(Cl)cc1.COCc1cc(C(C)=O)ccc1-c1ccc(Cl)cc1.COCc1cc(OCCCO)ccc1-c1ccc(Cl)cc1.COCc1cc(OCCO)ccc1-c1ccc(Cl)cc1. The molecule has 0 aliphatic heterocycles. The van der Waals surface area contributed by atoms with E-state index in [9.17, 15) is 14.4 Å². The molecule has 0 saturated carbocycles. The largest absolute Gasteiger partial charge is 0.493 e. The minimum atomic E-state index is -0.944. The number of benzene rings is 10. The summed E-state index contributed by atoms with van der Waals surface area (Å²) in [5.41, 5.74) is 16.8. The Hall–Kier alpha value is -8.42. The molecule has 100 heavy (non-hydrogen) atoms. The predicted molar refractivity (Wildman–Crippen MR) is 401 cm³/mol. The molecule has 0 atom stereocenters. The van der Waals surface area contributed by atoms with Crippen LogP contribution in [0.15, 0.2) is 212 Å². The molecule has 0 aliphatic carbocycles. The molecule has 0 aromatic heterocycles. The maximum atomic E-state index is 11.8. The van der Waals surface area contributed by atoms with Gasteiger partial charge in [0, 0.05) is 79.3 Å². The van der Waals surface area contributed by atoms with Crippen molar-refractivity contribution in [1.82, 2.24) is 0 Å². The number of ether oxygens (including phenoxy) is 8. The normalized spacial score (nSPS) is 10.5. The summed E-state index contributed by atoms with van der Waals surface area (Å²) in [6, 6.07) is 65.9. The summed E-state index contributed by atoms with van der Waals surface area (Å²) >= 11 is 29.5. The Morgan fingerprint density at radius 2 is 0.630 bits per heavy atom. The van der Waals surface area contributed by atoms with Crippen molar-refractivity contribution in [2.75, 3.05) is 68.6 Å². The second kappa shape index (κ2) is 43.3. The van der Waals surface area contributed by atoms with E-state index < -0.39 is 5.97 Å². The minimum absolute atomic E-state index is 0.00144. The van der Waals surface area contributed by atoms with Crippen molar-refractivity contribution in [3.05, 3.63) is 282 Å². The van der Waals surface area contributed by atoms with Gasteiger partial charge in [0.15, 0.2) is 5.78 Å². The smallest absolute Gasteiger partial charge is 0.338 e. The number of carbonyl (C=O) groups is 3. The average molecular weight is 1460 g/mol. The molecule has 0 aliphatic rings. The third-order valence-corrected chi connectivity index (χ3v) is 16.1. The minimum Gasteiger partial charge on any atom is -0.493 e. The zero-order valence-electron chi connectivity index (χ0n) is 56.7. The van der Waals surface area contributed by atoms with Gasteiger partial charge >= 0.3 is 11.9 Å². The third-order valence-electron chi connectivity index (χ3n) is 14.8.